The second-order valence-electron chi connectivity index (χ2n) is 4.10. The molecule has 0 radical (unpaired) electrons. The lowest BCUT2D eigenvalue weighted by atomic mass is 10.1. The lowest BCUT2D eigenvalue weighted by Gasteiger charge is -2.29. The molecular weight excluding hydrogens is 240 g/mol. The normalized spacial score (nSPS) is 27.4. The zero-order chi connectivity index (χ0) is 13.3. The van der Waals surface area contributed by atoms with Gasteiger partial charge in [-0.2, -0.15) is 0 Å². The number of hydrogen-bond donors (Lipinski definition) is 3. The van der Waals surface area contributed by atoms with E-state index < -0.39 is 29.7 Å². The van der Waals surface area contributed by atoms with Crippen molar-refractivity contribution in [2.24, 2.45) is 0 Å². The van der Waals surface area contributed by atoms with Gasteiger partial charge in [0.05, 0.1) is 6.61 Å². The predicted molar refractivity (Wildman–Crippen MR) is 62.2 cm³/mol. The van der Waals surface area contributed by atoms with Crippen molar-refractivity contribution >= 4 is 0 Å². The van der Waals surface area contributed by atoms with Crippen LogP contribution in [-0.2, 0) is 4.74 Å². The van der Waals surface area contributed by atoms with Crippen molar-refractivity contribution in [3.8, 4) is 0 Å². The molecule has 0 unspecified atom stereocenters. The molecule has 2 rings (SSSR count). The molecule has 3 N–H and O–H groups in total. The van der Waals surface area contributed by atoms with Crippen molar-refractivity contribution in [2.45, 2.75) is 25.4 Å². The first-order valence-electron chi connectivity index (χ1n) is 5.47. The van der Waals surface area contributed by atoms with Crippen molar-refractivity contribution in [1.82, 2.24) is 9.55 Å². The Morgan fingerprint density at radius 3 is 2.83 bits per heavy atom. The van der Waals surface area contributed by atoms with Crippen LogP contribution in [-0.4, -0.2) is 38.6 Å². The number of nitrogens with one attached hydrogen (secondary N) is 1. The highest BCUT2D eigenvalue weighted by Crippen LogP contribution is 2.19. The standard InChI is InChI=1S/C11H14N2O5/c1-6-4-13(11(17)12-10(6)16)9-3-2-7(15)8(5-14)18-9/h2-4,7-9,14-15H,5H2,1H3,(H,12,16,17)/t7-,8-,9+/m0/s1. The summed E-state index contributed by atoms with van der Waals surface area (Å²) in [5.74, 6) is 0. The van der Waals surface area contributed by atoms with Crippen LogP contribution in [0.15, 0.2) is 27.9 Å². The number of aliphatic hydroxyl groups excluding tert-OH is 2. The van der Waals surface area contributed by atoms with Gasteiger partial charge in [-0.3, -0.25) is 14.3 Å². The van der Waals surface area contributed by atoms with E-state index in [9.17, 15) is 14.7 Å². The monoisotopic (exact) mass is 254 g/mol. The van der Waals surface area contributed by atoms with Gasteiger partial charge in [0.2, 0.25) is 0 Å². The molecule has 0 saturated heterocycles. The maximum absolute atomic E-state index is 11.6. The van der Waals surface area contributed by atoms with Crippen molar-refractivity contribution < 1.29 is 14.9 Å². The van der Waals surface area contributed by atoms with Gasteiger partial charge in [0.1, 0.15) is 12.2 Å². The molecule has 0 bridgehead atoms. The maximum Gasteiger partial charge on any atom is 0.330 e. The van der Waals surface area contributed by atoms with Crippen molar-refractivity contribution in [3.63, 3.8) is 0 Å². The number of rotatable bonds is 2. The van der Waals surface area contributed by atoms with Crippen LogP contribution in [0.3, 0.4) is 0 Å². The number of nitrogens with zero attached hydrogens (tertiary/aromatic N) is 1. The van der Waals surface area contributed by atoms with Gasteiger partial charge in [-0.15, -0.1) is 0 Å². The van der Waals surface area contributed by atoms with Crippen LogP contribution in [0.25, 0.3) is 0 Å². The van der Waals surface area contributed by atoms with E-state index in [4.69, 9.17) is 9.84 Å². The number of ether oxygens (including phenoxy) is 1. The predicted octanol–water partition coefficient (Wildman–Crippen LogP) is -1.35. The molecule has 7 heteroatoms. The lowest BCUT2D eigenvalue weighted by molar-refractivity contribution is -0.105. The quantitative estimate of drug-likeness (QED) is 0.566. The number of hydrogen-bond acceptors (Lipinski definition) is 5. The Bertz CT molecular complexity index is 574. The molecule has 3 atom stereocenters. The summed E-state index contributed by atoms with van der Waals surface area (Å²) >= 11 is 0. The van der Waals surface area contributed by atoms with E-state index in [2.05, 4.69) is 4.98 Å². The van der Waals surface area contributed by atoms with Gasteiger partial charge in [-0.25, -0.2) is 4.79 Å². The van der Waals surface area contributed by atoms with Gasteiger partial charge in [-0.1, -0.05) is 6.08 Å². The number of aromatic nitrogens is 2. The molecule has 1 aromatic rings. The fourth-order valence-corrected chi connectivity index (χ4v) is 1.72. The largest absolute Gasteiger partial charge is 0.394 e. The van der Waals surface area contributed by atoms with Crippen molar-refractivity contribution in [3.05, 3.63) is 44.8 Å². The Balaban J connectivity index is 2.39. The highest BCUT2D eigenvalue weighted by atomic mass is 16.5. The molecular formula is C11H14N2O5. The Kier molecular flexibility index (Phi) is 3.46. The van der Waals surface area contributed by atoms with Crippen LogP contribution in [0.2, 0.25) is 0 Å². The van der Waals surface area contributed by atoms with Crippen LogP contribution in [0.5, 0.6) is 0 Å². The number of aromatic amines is 1. The second kappa shape index (κ2) is 4.89. The highest BCUT2D eigenvalue weighted by molar-refractivity contribution is 5.06. The van der Waals surface area contributed by atoms with Gasteiger partial charge in [0, 0.05) is 11.8 Å². The van der Waals surface area contributed by atoms with Gasteiger partial charge in [-0.05, 0) is 13.0 Å². The summed E-state index contributed by atoms with van der Waals surface area (Å²) in [6.45, 7) is 1.21. The molecule has 0 spiro atoms. The van der Waals surface area contributed by atoms with Crippen LogP contribution >= 0.6 is 0 Å². The average molecular weight is 254 g/mol. The fourth-order valence-electron chi connectivity index (χ4n) is 1.72. The Hall–Kier alpha value is -1.70. The molecule has 7 nitrogen and oxygen atoms in total. The minimum atomic E-state index is -0.911. The molecule has 1 aromatic heterocycles. The Morgan fingerprint density at radius 2 is 2.17 bits per heavy atom. The molecule has 0 amide bonds. The van der Waals surface area contributed by atoms with Gasteiger partial charge >= 0.3 is 5.69 Å². The average Bonchev–Trinajstić information content (AvgIpc) is 2.35. The van der Waals surface area contributed by atoms with E-state index in [0.29, 0.717) is 5.56 Å². The Morgan fingerprint density at radius 1 is 1.44 bits per heavy atom. The molecule has 0 fully saturated rings. The summed E-state index contributed by atoms with van der Waals surface area (Å²) in [7, 11) is 0. The zero-order valence-electron chi connectivity index (χ0n) is 9.74. The molecule has 0 aliphatic carbocycles. The van der Waals surface area contributed by atoms with Gasteiger partial charge in [0.15, 0.2) is 6.23 Å². The first kappa shape index (κ1) is 12.7. The summed E-state index contributed by atoms with van der Waals surface area (Å²) < 4.78 is 6.56. The second-order valence-corrected chi connectivity index (χ2v) is 4.10. The summed E-state index contributed by atoms with van der Waals surface area (Å²) in [6, 6.07) is 0. The SMILES string of the molecule is Cc1cn([C@H]2C=C[C@H](O)[C@H](CO)O2)c(=O)[nH]c1=O. The molecule has 18 heavy (non-hydrogen) atoms. The highest BCUT2D eigenvalue weighted by Gasteiger charge is 2.26. The first-order chi connectivity index (χ1) is 8.52. The van der Waals surface area contributed by atoms with E-state index in [1.807, 2.05) is 0 Å². The van der Waals surface area contributed by atoms with Crippen LogP contribution < -0.4 is 11.2 Å². The van der Waals surface area contributed by atoms with Crippen molar-refractivity contribution in [2.75, 3.05) is 6.61 Å². The van der Waals surface area contributed by atoms with Crippen molar-refractivity contribution in [1.29, 1.82) is 0 Å². The number of aliphatic hydroxyl groups is 2. The summed E-state index contributed by atoms with van der Waals surface area (Å²) in [5.41, 5.74) is -0.679. The topological polar surface area (TPSA) is 105 Å². The van der Waals surface area contributed by atoms with Gasteiger partial charge < -0.3 is 14.9 Å². The fraction of sp³-hybridized carbons (Fsp3) is 0.455. The van der Waals surface area contributed by atoms with Crippen LogP contribution in [0.4, 0.5) is 0 Å². The third-order valence-electron chi connectivity index (χ3n) is 2.77. The maximum atomic E-state index is 11.6. The summed E-state index contributed by atoms with van der Waals surface area (Å²) in [6.07, 6.45) is 1.86. The van der Waals surface area contributed by atoms with E-state index in [0.717, 1.165) is 0 Å². The van der Waals surface area contributed by atoms with E-state index in [1.54, 1.807) is 6.92 Å². The third-order valence-corrected chi connectivity index (χ3v) is 2.77. The van der Waals surface area contributed by atoms with E-state index >= 15 is 0 Å². The summed E-state index contributed by atoms with van der Waals surface area (Å²) in [4.78, 5) is 25.0. The molecule has 2 heterocycles. The number of H-pyrrole nitrogens is 1. The molecule has 0 saturated carbocycles. The smallest absolute Gasteiger partial charge is 0.330 e. The first-order valence-corrected chi connectivity index (χ1v) is 5.47. The number of aryl methyl sites for hydroxylation is 1. The zero-order valence-corrected chi connectivity index (χ0v) is 9.74. The molecule has 1 aliphatic heterocycles. The summed E-state index contributed by atoms with van der Waals surface area (Å²) in [5, 5.41) is 18.5. The lowest BCUT2D eigenvalue weighted by Crippen LogP contribution is -2.40. The minimum Gasteiger partial charge on any atom is -0.394 e. The third kappa shape index (κ3) is 2.28. The van der Waals surface area contributed by atoms with Gasteiger partial charge in [0.25, 0.3) is 5.56 Å². The Labute approximate surface area is 102 Å². The van der Waals surface area contributed by atoms with E-state index in [1.165, 1.54) is 22.9 Å². The van der Waals surface area contributed by atoms with E-state index in [-0.39, 0.29) is 6.61 Å². The molecule has 98 valence electrons. The molecule has 1 aliphatic rings. The minimum absolute atomic E-state index is 0.362. The van der Waals surface area contributed by atoms with Crippen LogP contribution in [0, 0.1) is 6.92 Å². The molecule has 0 aromatic carbocycles. The van der Waals surface area contributed by atoms with Crippen LogP contribution in [0.1, 0.15) is 11.8 Å².